The second-order valence-corrected chi connectivity index (χ2v) is 5.05. The number of furan rings is 1. The third-order valence-corrected chi connectivity index (χ3v) is 3.60. The Morgan fingerprint density at radius 1 is 1.19 bits per heavy atom. The van der Waals surface area contributed by atoms with E-state index in [0.717, 1.165) is 35.1 Å². The van der Waals surface area contributed by atoms with Crippen LogP contribution in [0.4, 0.5) is 5.82 Å². The number of benzene rings is 1. The number of anilines is 1. The minimum atomic E-state index is -0.0118. The van der Waals surface area contributed by atoms with Crippen LogP contribution in [0.3, 0.4) is 0 Å². The van der Waals surface area contributed by atoms with E-state index in [9.17, 15) is 0 Å². The number of pyridine rings is 1. The fourth-order valence-electron chi connectivity index (χ4n) is 2.57. The molecule has 0 bridgehead atoms. The van der Waals surface area contributed by atoms with Crippen molar-refractivity contribution in [1.29, 1.82) is 0 Å². The molecule has 2 heterocycles. The summed E-state index contributed by atoms with van der Waals surface area (Å²) in [6.45, 7) is 3.04. The SMILES string of the molecule is CCCNC(c1cccnc1N)c1coc2ccccc12. The Bertz CT molecular complexity index is 735. The molecule has 0 aliphatic carbocycles. The molecule has 4 heteroatoms. The minimum absolute atomic E-state index is 0.0118. The van der Waals surface area contributed by atoms with E-state index in [0.29, 0.717) is 5.82 Å². The third-order valence-electron chi connectivity index (χ3n) is 3.60. The molecule has 1 atom stereocenters. The van der Waals surface area contributed by atoms with E-state index in [2.05, 4.69) is 23.3 Å². The maximum atomic E-state index is 6.06. The van der Waals surface area contributed by atoms with Crippen LogP contribution in [0.5, 0.6) is 0 Å². The van der Waals surface area contributed by atoms with Crippen LogP contribution in [0, 0.1) is 0 Å². The molecule has 21 heavy (non-hydrogen) atoms. The highest BCUT2D eigenvalue weighted by molar-refractivity contribution is 5.82. The van der Waals surface area contributed by atoms with Crippen LogP contribution < -0.4 is 11.1 Å². The van der Waals surface area contributed by atoms with Gasteiger partial charge in [0.25, 0.3) is 0 Å². The van der Waals surface area contributed by atoms with Crippen LogP contribution in [0.25, 0.3) is 11.0 Å². The first-order chi connectivity index (χ1) is 10.3. The summed E-state index contributed by atoms with van der Waals surface area (Å²) in [7, 11) is 0. The smallest absolute Gasteiger partial charge is 0.134 e. The lowest BCUT2D eigenvalue weighted by Gasteiger charge is -2.19. The number of hydrogen-bond acceptors (Lipinski definition) is 4. The van der Waals surface area contributed by atoms with Crippen LogP contribution in [-0.4, -0.2) is 11.5 Å². The average Bonchev–Trinajstić information content (AvgIpc) is 2.93. The summed E-state index contributed by atoms with van der Waals surface area (Å²) in [4.78, 5) is 4.21. The Morgan fingerprint density at radius 2 is 2.05 bits per heavy atom. The molecule has 3 N–H and O–H groups in total. The molecule has 0 fully saturated rings. The number of rotatable bonds is 5. The standard InChI is InChI=1S/C17H19N3O/c1-2-9-19-16(13-7-5-10-20-17(13)18)14-11-21-15-8-4-3-6-12(14)15/h3-8,10-11,16,19H,2,9H2,1H3,(H2,18,20). The number of nitrogen functional groups attached to an aromatic ring is 1. The monoisotopic (exact) mass is 281 g/mol. The lowest BCUT2D eigenvalue weighted by Crippen LogP contribution is -2.24. The van der Waals surface area contributed by atoms with Gasteiger partial charge in [-0.1, -0.05) is 31.2 Å². The van der Waals surface area contributed by atoms with Crippen LogP contribution in [0.15, 0.2) is 53.3 Å². The van der Waals surface area contributed by atoms with E-state index in [1.165, 1.54) is 0 Å². The van der Waals surface area contributed by atoms with E-state index in [4.69, 9.17) is 10.2 Å². The molecule has 3 rings (SSSR count). The maximum absolute atomic E-state index is 6.06. The highest BCUT2D eigenvalue weighted by Gasteiger charge is 2.20. The lowest BCUT2D eigenvalue weighted by molar-refractivity contribution is 0.572. The van der Waals surface area contributed by atoms with Crippen molar-refractivity contribution in [2.45, 2.75) is 19.4 Å². The number of para-hydroxylation sites is 1. The number of nitrogens with one attached hydrogen (secondary N) is 1. The molecule has 1 unspecified atom stereocenters. The molecular weight excluding hydrogens is 262 g/mol. The molecule has 3 aromatic rings. The predicted molar refractivity (Wildman–Crippen MR) is 85.0 cm³/mol. The zero-order chi connectivity index (χ0) is 14.7. The first-order valence-corrected chi connectivity index (χ1v) is 7.21. The van der Waals surface area contributed by atoms with E-state index in [-0.39, 0.29) is 6.04 Å². The van der Waals surface area contributed by atoms with E-state index in [1.54, 1.807) is 6.20 Å². The zero-order valence-corrected chi connectivity index (χ0v) is 12.0. The Hall–Kier alpha value is -2.33. The number of nitrogens with zero attached hydrogens (tertiary/aromatic N) is 1. The van der Waals surface area contributed by atoms with Crippen molar-refractivity contribution in [3.05, 3.63) is 60.0 Å². The number of nitrogens with two attached hydrogens (primary N) is 1. The molecule has 0 aliphatic rings. The summed E-state index contributed by atoms with van der Waals surface area (Å²) in [6.07, 6.45) is 4.57. The van der Waals surface area contributed by atoms with Gasteiger partial charge in [-0.2, -0.15) is 0 Å². The topological polar surface area (TPSA) is 64.1 Å². The third kappa shape index (κ3) is 2.62. The van der Waals surface area contributed by atoms with Crippen molar-refractivity contribution in [1.82, 2.24) is 10.3 Å². The summed E-state index contributed by atoms with van der Waals surface area (Å²) >= 11 is 0. The largest absolute Gasteiger partial charge is 0.464 e. The molecule has 4 nitrogen and oxygen atoms in total. The molecule has 2 aromatic heterocycles. The zero-order valence-electron chi connectivity index (χ0n) is 12.0. The Balaban J connectivity index is 2.09. The Labute approximate surface area is 124 Å². The first-order valence-electron chi connectivity index (χ1n) is 7.21. The van der Waals surface area contributed by atoms with Gasteiger partial charge in [-0.05, 0) is 25.1 Å². The van der Waals surface area contributed by atoms with Crippen molar-refractivity contribution in [3.8, 4) is 0 Å². The molecule has 1 aromatic carbocycles. The highest BCUT2D eigenvalue weighted by atomic mass is 16.3. The van der Waals surface area contributed by atoms with Gasteiger partial charge in [0.15, 0.2) is 0 Å². The second kappa shape index (κ2) is 5.97. The minimum Gasteiger partial charge on any atom is -0.464 e. The van der Waals surface area contributed by atoms with Crippen LogP contribution >= 0.6 is 0 Å². The van der Waals surface area contributed by atoms with Crippen molar-refractivity contribution >= 4 is 16.8 Å². The van der Waals surface area contributed by atoms with Crippen molar-refractivity contribution in [2.75, 3.05) is 12.3 Å². The second-order valence-electron chi connectivity index (χ2n) is 5.05. The van der Waals surface area contributed by atoms with Crippen LogP contribution in [0.1, 0.15) is 30.5 Å². The predicted octanol–water partition coefficient (Wildman–Crippen LogP) is 3.50. The maximum Gasteiger partial charge on any atom is 0.134 e. The van der Waals surface area contributed by atoms with Gasteiger partial charge in [0, 0.05) is 22.7 Å². The average molecular weight is 281 g/mol. The van der Waals surface area contributed by atoms with E-state index >= 15 is 0 Å². The summed E-state index contributed by atoms with van der Waals surface area (Å²) in [5, 5.41) is 4.65. The van der Waals surface area contributed by atoms with Gasteiger partial charge in [0.05, 0.1) is 12.3 Å². The van der Waals surface area contributed by atoms with Gasteiger partial charge in [-0.15, -0.1) is 0 Å². The normalized spacial score (nSPS) is 12.6. The molecule has 0 saturated carbocycles. The van der Waals surface area contributed by atoms with Gasteiger partial charge < -0.3 is 15.5 Å². The Morgan fingerprint density at radius 3 is 2.86 bits per heavy atom. The molecular formula is C17H19N3O. The molecule has 0 spiro atoms. The van der Waals surface area contributed by atoms with E-state index in [1.807, 2.05) is 36.6 Å². The number of aromatic nitrogens is 1. The first kappa shape index (κ1) is 13.6. The van der Waals surface area contributed by atoms with Crippen molar-refractivity contribution < 1.29 is 4.42 Å². The van der Waals surface area contributed by atoms with Gasteiger partial charge in [0.2, 0.25) is 0 Å². The van der Waals surface area contributed by atoms with Crippen LogP contribution in [-0.2, 0) is 0 Å². The molecule has 108 valence electrons. The molecule has 0 radical (unpaired) electrons. The highest BCUT2D eigenvalue weighted by Crippen LogP contribution is 2.32. The van der Waals surface area contributed by atoms with Gasteiger partial charge >= 0.3 is 0 Å². The molecule has 0 amide bonds. The molecule has 0 saturated heterocycles. The number of hydrogen-bond donors (Lipinski definition) is 2. The van der Waals surface area contributed by atoms with Crippen molar-refractivity contribution in [2.24, 2.45) is 0 Å². The van der Waals surface area contributed by atoms with Crippen LogP contribution in [0.2, 0.25) is 0 Å². The molecule has 0 aliphatic heterocycles. The van der Waals surface area contributed by atoms with Gasteiger partial charge in [-0.25, -0.2) is 4.98 Å². The fourth-order valence-corrected chi connectivity index (χ4v) is 2.57. The summed E-state index contributed by atoms with van der Waals surface area (Å²) in [5.41, 5.74) is 9.03. The fraction of sp³-hybridized carbons (Fsp3) is 0.235. The summed E-state index contributed by atoms with van der Waals surface area (Å²) < 4.78 is 5.67. The summed E-state index contributed by atoms with van der Waals surface area (Å²) in [6, 6.07) is 11.9. The van der Waals surface area contributed by atoms with Gasteiger partial charge in [0.1, 0.15) is 11.4 Å². The lowest BCUT2D eigenvalue weighted by atomic mass is 9.98. The van der Waals surface area contributed by atoms with Gasteiger partial charge in [-0.3, -0.25) is 0 Å². The Kier molecular flexibility index (Phi) is 3.88. The quantitative estimate of drug-likeness (QED) is 0.751. The number of fused-ring (bicyclic) bond motifs is 1. The summed E-state index contributed by atoms with van der Waals surface area (Å²) in [5.74, 6) is 0.552. The van der Waals surface area contributed by atoms with Crippen molar-refractivity contribution in [3.63, 3.8) is 0 Å². The van der Waals surface area contributed by atoms with E-state index < -0.39 is 0 Å².